The van der Waals surface area contributed by atoms with Crippen molar-refractivity contribution in [3.8, 4) is 11.3 Å². The second-order valence-electron chi connectivity index (χ2n) is 6.41. The number of benzene rings is 2. The highest BCUT2D eigenvalue weighted by Crippen LogP contribution is 2.24. The largest absolute Gasteiger partial charge is 0.450 e. The summed E-state index contributed by atoms with van der Waals surface area (Å²) in [7, 11) is 0. The zero-order chi connectivity index (χ0) is 21.0. The number of furan rings is 1. The van der Waals surface area contributed by atoms with E-state index in [1.807, 2.05) is 19.1 Å². The second kappa shape index (κ2) is 8.87. The van der Waals surface area contributed by atoms with Gasteiger partial charge in [0.25, 0.3) is 5.91 Å². The number of Topliss-reactive ketones (excluding diaryl/α,β-unsaturated/α-hetero) is 1. The number of hydrogen-bond donors (Lipinski definition) is 1. The molecular weight excluding hydrogens is 438 g/mol. The molecular formula is C22H18BrNO5. The average Bonchev–Trinajstić information content (AvgIpc) is 3.19. The van der Waals surface area contributed by atoms with Crippen LogP contribution in [0, 0.1) is 6.92 Å². The van der Waals surface area contributed by atoms with Crippen LogP contribution >= 0.6 is 15.9 Å². The van der Waals surface area contributed by atoms with Crippen LogP contribution in [0.2, 0.25) is 0 Å². The topological polar surface area (TPSA) is 85.6 Å². The van der Waals surface area contributed by atoms with Crippen LogP contribution in [-0.4, -0.2) is 24.3 Å². The van der Waals surface area contributed by atoms with Crippen LogP contribution in [0.25, 0.3) is 11.3 Å². The Kier molecular flexibility index (Phi) is 6.29. The summed E-state index contributed by atoms with van der Waals surface area (Å²) in [6.07, 6.45) is 0. The molecule has 3 aromatic rings. The molecule has 29 heavy (non-hydrogen) atoms. The summed E-state index contributed by atoms with van der Waals surface area (Å²) >= 11 is 3.37. The van der Waals surface area contributed by atoms with Gasteiger partial charge >= 0.3 is 5.97 Å². The van der Waals surface area contributed by atoms with Gasteiger partial charge in [0.2, 0.25) is 5.76 Å². The van der Waals surface area contributed by atoms with Gasteiger partial charge in [-0.1, -0.05) is 30.3 Å². The van der Waals surface area contributed by atoms with Crippen LogP contribution in [0.5, 0.6) is 0 Å². The molecule has 148 valence electrons. The van der Waals surface area contributed by atoms with Crippen molar-refractivity contribution in [1.82, 2.24) is 0 Å². The fourth-order valence-electron chi connectivity index (χ4n) is 2.58. The van der Waals surface area contributed by atoms with Gasteiger partial charge in [0.05, 0.1) is 5.69 Å². The highest BCUT2D eigenvalue weighted by atomic mass is 79.9. The summed E-state index contributed by atoms with van der Waals surface area (Å²) in [6, 6.07) is 15.4. The van der Waals surface area contributed by atoms with E-state index in [0.29, 0.717) is 17.0 Å². The van der Waals surface area contributed by atoms with Crippen molar-refractivity contribution in [3.05, 3.63) is 76.0 Å². The van der Waals surface area contributed by atoms with E-state index in [-0.39, 0.29) is 11.5 Å². The summed E-state index contributed by atoms with van der Waals surface area (Å²) < 4.78 is 11.3. The number of esters is 1. The van der Waals surface area contributed by atoms with Crippen molar-refractivity contribution in [2.45, 2.75) is 13.8 Å². The number of nitrogens with one attached hydrogen (secondary N) is 1. The van der Waals surface area contributed by atoms with Crippen LogP contribution in [-0.2, 0) is 9.53 Å². The van der Waals surface area contributed by atoms with Gasteiger partial charge in [-0.15, -0.1) is 0 Å². The minimum atomic E-state index is -0.741. The second-order valence-corrected chi connectivity index (χ2v) is 7.26. The lowest BCUT2D eigenvalue weighted by Crippen LogP contribution is -2.21. The molecule has 1 N–H and O–H groups in total. The molecule has 1 amide bonds. The molecule has 7 heteroatoms. The third kappa shape index (κ3) is 5.20. The standard InChI is InChI=1S/C22H18BrNO5/c1-13-3-8-18(17(23)11-13)24-21(26)12-28-22(27)20-10-9-19(29-20)16-6-4-15(5-7-16)14(2)25/h3-11H,12H2,1-2H3,(H,24,26). The zero-order valence-electron chi connectivity index (χ0n) is 15.8. The van der Waals surface area contributed by atoms with Gasteiger partial charge in [0.1, 0.15) is 5.76 Å². The van der Waals surface area contributed by atoms with Gasteiger partial charge in [0, 0.05) is 15.6 Å². The number of rotatable bonds is 6. The van der Waals surface area contributed by atoms with E-state index in [4.69, 9.17) is 9.15 Å². The van der Waals surface area contributed by atoms with E-state index in [1.54, 1.807) is 36.4 Å². The number of aryl methyl sites for hydroxylation is 1. The Morgan fingerprint density at radius 1 is 1.03 bits per heavy atom. The first kappa shape index (κ1) is 20.5. The van der Waals surface area contributed by atoms with Crippen LogP contribution in [0.4, 0.5) is 5.69 Å². The lowest BCUT2D eigenvalue weighted by molar-refractivity contribution is -0.119. The SMILES string of the molecule is CC(=O)c1ccc(-c2ccc(C(=O)OCC(=O)Nc3ccc(C)cc3Br)o2)cc1. The number of anilines is 1. The van der Waals surface area contributed by atoms with Crippen molar-refractivity contribution in [2.75, 3.05) is 11.9 Å². The van der Waals surface area contributed by atoms with E-state index in [1.165, 1.54) is 13.0 Å². The number of ketones is 1. The summed E-state index contributed by atoms with van der Waals surface area (Å²) in [5.41, 5.74) is 2.94. The average molecular weight is 456 g/mol. The number of carbonyl (C=O) groups excluding carboxylic acids is 3. The Bertz CT molecular complexity index is 1070. The van der Waals surface area contributed by atoms with E-state index >= 15 is 0 Å². The Morgan fingerprint density at radius 2 is 1.76 bits per heavy atom. The predicted octanol–water partition coefficient (Wildman–Crippen LogP) is 5.02. The van der Waals surface area contributed by atoms with Crippen molar-refractivity contribution in [1.29, 1.82) is 0 Å². The van der Waals surface area contributed by atoms with Crippen molar-refractivity contribution >= 4 is 39.3 Å². The molecule has 0 spiro atoms. The summed E-state index contributed by atoms with van der Waals surface area (Å²) in [4.78, 5) is 35.5. The highest BCUT2D eigenvalue weighted by molar-refractivity contribution is 9.10. The molecule has 0 saturated carbocycles. The Morgan fingerprint density at radius 3 is 2.41 bits per heavy atom. The number of hydrogen-bond acceptors (Lipinski definition) is 5. The van der Waals surface area contributed by atoms with E-state index in [2.05, 4.69) is 21.2 Å². The molecule has 0 bridgehead atoms. The maximum Gasteiger partial charge on any atom is 0.374 e. The predicted molar refractivity (Wildman–Crippen MR) is 112 cm³/mol. The zero-order valence-corrected chi connectivity index (χ0v) is 17.4. The van der Waals surface area contributed by atoms with Crippen molar-refractivity contribution < 1.29 is 23.5 Å². The number of halogens is 1. The Hall–Kier alpha value is -3.19. The molecule has 0 aliphatic heterocycles. The van der Waals surface area contributed by atoms with Crippen LogP contribution < -0.4 is 5.32 Å². The molecule has 6 nitrogen and oxygen atoms in total. The lowest BCUT2D eigenvalue weighted by atomic mass is 10.1. The molecule has 0 unspecified atom stereocenters. The molecule has 0 atom stereocenters. The molecule has 0 fully saturated rings. The summed E-state index contributed by atoms with van der Waals surface area (Å²) in [6.45, 7) is 2.99. The summed E-state index contributed by atoms with van der Waals surface area (Å²) in [5, 5.41) is 2.67. The first-order chi connectivity index (χ1) is 13.8. The van der Waals surface area contributed by atoms with Crippen LogP contribution in [0.15, 0.2) is 63.5 Å². The molecule has 3 rings (SSSR count). The van der Waals surface area contributed by atoms with Gasteiger partial charge in [0.15, 0.2) is 12.4 Å². The minimum absolute atomic E-state index is 0.0139. The summed E-state index contributed by atoms with van der Waals surface area (Å²) in [5.74, 6) is -0.791. The molecule has 0 radical (unpaired) electrons. The van der Waals surface area contributed by atoms with E-state index in [0.717, 1.165) is 15.6 Å². The van der Waals surface area contributed by atoms with Crippen molar-refractivity contribution in [3.63, 3.8) is 0 Å². The Labute approximate surface area is 176 Å². The van der Waals surface area contributed by atoms with Crippen LogP contribution in [0.3, 0.4) is 0 Å². The minimum Gasteiger partial charge on any atom is -0.450 e. The maximum absolute atomic E-state index is 12.2. The quantitative estimate of drug-likeness (QED) is 0.416. The number of amides is 1. The number of ether oxygens (including phenoxy) is 1. The fraction of sp³-hybridized carbons (Fsp3) is 0.136. The monoisotopic (exact) mass is 455 g/mol. The fourth-order valence-corrected chi connectivity index (χ4v) is 3.17. The lowest BCUT2D eigenvalue weighted by Gasteiger charge is -2.08. The molecule has 1 aromatic heterocycles. The normalized spacial score (nSPS) is 10.4. The van der Waals surface area contributed by atoms with Gasteiger partial charge < -0.3 is 14.5 Å². The first-order valence-electron chi connectivity index (χ1n) is 8.78. The third-order valence-corrected chi connectivity index (χ3v) is 4.77. The van der Waals surface area contributed by atoms with Crippen LogP contribution in [0.1, 0.15) is 33.4 Å². The molecule has 1 heterocycles. The maximum atomic E-state index is 12.2. The van der Waals surface area contributed by atoms with Crippen molar-refractivity contribution in [2.24, 2.45) is 0 Å². The van der Waals surface area contributed by atoms with E-state index < -0.39 is 18.5 Å². The smallest absolute Gasteiger partial charge is 0.374 e. The van der Waals surface area contributed by atoms with Gasteiger partial charge in [-0.3, -0.25) is 9.59 Å². The number of carbonyl (C=O) groups is 3. The molecule has 0 saturated heterocycles. The Balaban J connectivity index is 1.58. The molecule has 0 aliphatic carbocycles. The molecule has 2 aromatic carbocycles. The van der Waals surface area contributed by atoms with E-state index in [9.17, 15) is 14.4 Å². The molecule has 0 aliphatic rings. The van der Waals surface area contributed by atoms with Gasteiger partial charge in [-0.2, -0.15) is 0 Å². The van der Waals surface area contributed by atoms with Gasteiger partial charge in [-0.05, 0) is 59.6 Å². The highest BCUT2D eigenvalue weighted by Gasteiger charge is 2.16. The third-order valence-electron chi connectivity index (χ3n) is 4.12. The first-order valence-corrected chi connectivity index (χ1v) is 9.57. The van der Waals surface area contributed by atoms with Gasteiger partial charge in [-0.25, -0.2) is 4.79 Å².